The fourth-order valence-electron chi connectivity index (χ4n) is 3.76. The van der Waals surface area contributed by atoms with E-state index in [0.717, 1.165) is 0 Å². The Bertz CT molecular complexity index is 985. The number of hydroxylamine groups is 1. The lowest BCUT2D eigenvalue weighted by Crippen LogP contribution is -2.52. The molecule has 2 aromatic rings. The van der Waals surface area contributed by atoms with Crippen molar-refractivity contribution in [2.75, 3.05) is 13.2 Å². The third-order valence-electron chi connectivity index (χ3n) is 6.04. The van der Waals surface area contributed by atoms with Gasteiger partial charge in [0, 0.05) is 24.9 Å². The summed E-state index contributed by atoms with van der Waals surface area (Å²) in [4.78, 5) is 56.6. The van der Waals surface area contributed by atoms with Crippen LogP contribution in [0.15, 0.2) is 35.1 Å². The summed E-state index contributed by atoms with van der Waals surface area (Å²) in [7, 11) is 0. The van der Waals surface area contributed by atoms with E-state index < -0.39 is 33.0 Å². The van der Waals surface area contributed by atoms with Crippen molar-refractivity contribution in [2.24, 2.45) is 10.4 Å². The predicted molar refractivity (Wildman–Crippen MR) is 131 cm³/mol. The molecule has 2 unspecified atom stereocenters. The first-order chi connectivity index (χ1) is 17.4. The Morgan fingerprint density at radius 3 is 1.81 bits per heavy atom. The molecule has 0 aliphatic rings. The summed E-state index contributed by atoms with van der Waals surface area (Å²) in [5.74, 6) is -0.615. The van der Waals surface area contributed by atoms with Crippen LogP contribution in [0.2, 0.25) is 0 Å². The highest BCUT2D eigenvalue weighted by atomic mass is 16.6. The number of hydrogen-bond acceptors (Lipinski definition) is 13. The van der Waals surface area contributed by atoms with Gasteiger partial charge in [-0.15, -0.1) is 0 Å². The number of imidazole rings is 2. The van der Waals surface area contributed by atoms with Gasteiger partial charge in [-0.1, -0.05) is 20.3 Å². The fraction of sp³-hybridized carbons (Fsp3) is 0.700. The Hall–Kier alpha value is -3.70. The molecule has 0 aliphatic heterocycles. The maximum Gasteiger partial charge on any atom is 0.434 e. The number of nitro groups is 2. The van der Waals surface area contributed by atoms with Gasteiger partial charge in [-0.2, -0.15) is 15.3 Å². The van der Waals surface area contributed by atoms with Crippen LogP contribution in [0.4, 0.5) is 11.9 Å². The summed E-state index contributed by atoms with van der Waals surface area (Å²) in [6.45, 7) is 7.90. The number of aryl methyl sites for hydroxylation is 2. The first-order valence-electron chi connectivity index (χ1n) is 11.5. The summed E-state index contributed by atoms with van der Waals surface area (Å²) in [6, 6.07) is -1.44. The molecule has 0 aromatic carbocycles. The Kier molecular flexibility index (Phi) is 10.4. The molecule has 0 bridgehead atoms. The summed E-state index contributed by atoms with van der Waals surface area (Å²) in [6.07, 6.45) is 6.05. The summed E-state index contributed by atoms with van der Waals surface area (Å²) in [5, 5.41) is 31.6. The summed E-state index contributed by atoms with van der Waals surface area (Å²) >= 11 is 0. The minimum absolute atomic E-state index is 0.171. The van der Waals surface area contributed by atoms with Gasteiger partial charge in [0.25, 0.3) is 0 Å². The van der Waals surface area contributed by atoms with Crippen LogP contribution in [0.5, 0.6) is 0 Å². The molecule has 0 spiro atoms. The van der Waals surface area contributed by atoms with Crippen LogP contribution in [0.25, 0.3) is 0 Å². The third-order valence-corrected chi connectivity index (χ3v) is 6.04. The van der Waals surface area contributed by atoms with Crippen molar-refractivity contribution < 1.29 is 14.7 Å². The molecule has 0 amide bonds. The molecule has 2 N–H and O–H groups in total. The molecule has 0 aliphatic carbocycles. The first kappa shape index (κ1) is 29.5. The highest BCUT2D eigenvalue weighted by molar-refractivity contribution is 5.07. The quantitative estimate of drug-likeness (QED) is 0.125. The van der Waals surface area contributed by atoms with Crippen LogP contribution in [0.3, 0.4) is 0 Å². The Balaban J connectivity index is 1.80. The van der Waals surface area contributed by atoms with E-state index >= 15 is 0 Å². The van der Waals surface area contributed by atoms with Gasteiger partial charge in [0.1, 0.15) is 36.9 Å². The largest absolute Gasteiger partial charge is 0.434 e. The highest BCUT2D eigenvalue weighted by Crippen LogP contribution is 2.20. The molecule has 17 nitrogen and oxygen atoms in total. The average Bonchev–Trinajstić information content (AvgIpc) is 3.49. The zero-order chi connectivity index (χ0) is 27.6. The lowest BCUT2D eigenvalue weighted by Gasteiger charge is -2.32. The van der Waals surface area contributed by atoms with E-state index in [-0.39, 0.29) is 44.4 Å². The second-order valence-corrected chi connectivity index (χ2v) is 9.50. The van der Waals surface area contributed by atoms with E-state index in [1.54, 1.807) is 27.7 Å². The summed E-state index contributed by atoms with van der Waals surface area (Å²) in [5.41, 5.74) is 1.21. The van der Waals surface area contributed by atoms with E-state index in [0.29, 0.717) is 6.54 Å². The number of rotatable bonds is 18. The van der Waals surface area contributed by atoms with Crippen LogP contribution < -0.4 is 10.8 Å². The van der Waals surface area contributed by atoms with Crippen LogP contribution in [-0.2, 0) is 17.9 Å². The molecule has 37 heavy (non-hydrogen) atoms. The van der Waals surface area contributed by atoms with Gasteiger partial charge in [-0.25, -0.2) is 9.13 Å². The van der Waals surface area contributed by atoms with Crippen molar-refractivity contribution in [2.45, 2.75) is 76.8 Å². The van der Waals surface area contributed by atoms with E-state index in [2.05, 4.69) is 31.1 Å². The van der Waals surface area contributed by atoms with Gasteiger partial charge in [0.15, 0.2) is 0 Å². The van der Waals surface area contributed by atoms with E-state index in [4.69, 9.17) is 4.84 Å². The number of hydrogen-bond donors (Lipinski definition) is 2. The van der Waals surface area contributed by atoms with Crippen LogP contribution in [-0.4, -0.2) is 65.3 Å². The third kappa shape index (κ3) is 8.16. The van der Waals surface area contributed by atoms with Gasteiger partial charge in [0.05, 0.1) is 25.2 Å². The minimum Gasteiger partial charge on any atom is -0.390 e. The van der Waals surface area contributed by atoms with Gasteiger partial charge < -0.3 is 25.5 Å². The van der Waals surface area contributed by atoms with Crippen molar-refractivity contribution >= 4 is 11.9 Å². The monoisotopic (exact) mass is 524 g/mol. The lowest BCUT2D eigenvalue weighted by atomic mass is 9.92. The van der Waals surface area contributed by atoms with Crippen LogP contribution in [0, 0.1) is 30.0 Å². The molecular weight excluding hydrogens is 492 g/mol. The number of nitroso groups, excluding NO2 is 2. The van der Waals surface area contributed by atoms with Gasteiger partial charge in [-0.05, 0) is 37.5 Å². The van der Waals surface area contributed by atoms with E-state index in [1.165, 1.54) is 33.9 Å². The molecule has 0 saturated carbocycles. The standard InChI is InChI=1S/C20H32N10O7/c1-19(2,15(24-31)5-10-27-12-7-21-17(27)29(33)34)23-9-14-37-26-20(3,4)16(25-32)6-11-28-13-8-22-18(28)30(35)36/h7-8,12-13,15-16,23,26H,5-6,9-11,14H2,1-4H3. The molecule has 2 aromatic heterocycles. The van der Waals surface area contributed by atoms with Crippen molar-refractivity contribution in [3.8, 4) is 0 Å². The molecule has 2 rings (SSSR count). The maximum atomic E-state index is 11.5. The molecule has 0 radical (unpaired) electrons. The Labute approximate surface area is 212 Å². The maximum absolute atomic E-state index is 11.5. The van der Waals surface area contributed by atoms with Gasteiger partial charge >= 0.3 is 11.9 Å². The SMILES string of the molecule is CC(C)(NCCONC(C)(C)C(CCn1ccnc1[N+](=O)[O-])N=O)C(CCn1ccnc1[N+](=O)[O-])N=O. The molecule has 204 valence electrons. The fourth-order valence-corrected chi connectivity index (χ4v) is 3.76. The van der Waals surface area contributed by atoms with Crippen molar-refractivity contribution in [3.05, 3.63) is 54.8 Å². The molecule has 0 fully saturated rings. The van der Waals surface area contributed by atoms with Crippen LogP contribution >= 0.6 is 0 Å². The second-order valence-electron chi connectivity index (χ2n) is 9.50. The molecule has 2 heterocycles. The van der Waals surface area contributed by atoms with E-state index in [1.807, 2.05) is 0 Å². The molecule has 17 heteroatoms. The number of aromatic nitrogens is 4. The van der Waals surface area contributed by atoms with Gasteiger partial charge in [-0.3, -0.25) is 4.84 Å². The van der Waals surface area contributed by atoms with Crippen molar-refractivity contribution in [3.63, 3.8) is 0 Å². The topological polar surface area (TPSA) is 214 Å². The van der Waals surface area contributed by atoms with E-state index in [9.17, 15) is 30.0 Å². The molecular formula is C20H32N10O7. The highest BCUT2D eigenvalue weighted by Gasteiger charge is 2.33. The number of nitrogens with one attached hydrogen (secondary N) is 2. The Morgan fingerprint density at radius 2 is 1.38 bits per heavy atom. The average molecular weight is 525 g/mol. The minimum atomic E-state index is -0.876. The molecule has 2 atom stereocenters. The Morgan fingerprint density at radius 1 is 0.919 bits per heavy atom. The first-order valence-corrected chi connectivity index (χ1v) is 11.5. The summed E-state index contributed by atoms with van der Waals surface area (Å²) < 4.78 is 2.69. The molecule has 0 saturated heterocycles. The predicted octanol–water partition coefficient (Wildman–Crippen LogP) is 2.31. The number of nitrogens with zero attached hydrogens (tertiary/aromatic N) is 8. The lowest BCUT2D eigenvalue weighted by molar-refractivity contribution is -0.396. The van der Waals surface area contributed by atoms with Gasteiger partial charge in [0.2, 0.25) is 0 Å². The normalized spacial score (nSPS) is 13.7. The van der Waals surface area contributed by atoms with Crippen molar-refractivity contribution in [1.82, 2.24) is 29.9 Å². The zero-order valence-corrected chi connectivity index (χ0v) is 21.1. The van der Waals surface area contributed by atoms with Crippen LogP contribution in [0.1, 0.15) is 40.5 Å². The smallest absolute Gasteiger partial charge is 0.390 e. The van der Waals surface area contributed by atoms with Crippen molar-refractivity contribution in [1.29, 1.82) is 0 Å². The zero-order valence-electron chi connectivity index (χ0n) is 21.1. The second kappa shape index (κ2) is 13.0.